The number of pyridine rings is 1. The van der Waals surface area contributed by atoms with Gasteiger partial charge in [0.1, 0.15) is 24.2 Å². The zero-order valence-corrected chi connectivity index (χ0v) is 16.8. The lowest BCUT2D eigenvalue weighted by atomic mass is 10.0. The minimum absolute atomic E-state index is 0.0279. The third-order valence-electron chi connectivity index (χ3n) is 5.22. The molecule has 0 spiro atoms. The third kappa shape index (κ3) is 4.38. The summed E-state index contributed by atoms with van der Waals surface area (Å²) in [6, 6.07) is 8.60. The lowest BCUT2D eigenvalue weighted by Gasteiger charge is -2.32. The van der Waals surface area contributed by atoms with E-state index in [-0.39, 0.29) is 35.4 Å². The fraction of sp³-hybridized carbons (Fsp3) is 0.333. The summed E-state index contributed by atoms with van der Waals surface area (Å²) in [7, 11) is 0. The second kappa shape index (κ2) is 8.71. The molecule has 2 saturated heterocycles. The predicted octanol–water partition coefficient (Wildman–Crippen LogP) is 2.84. The van der Waals surface area contributed by atoms with Gasteiger partial charge in [0.05, 0.1) is 11.6 Å². The minimum Gasteiger partial charge on any atom is -0.489 e. The Morgan fingerprint density at radius 3 is 2.93 bits per heavy atom. The van der Waals surface area contributed by atoms with Crippen molar-refractivity contribution in [3.05, 3.63) is 58.4 Å². The molecule has 0 aliphatic carbocycles. The van der Waals surface area contributed by atoms with E-state index in [1.54, 1.807) is 17.0 Å². The number of piperidine rings is 1. The van der Waals surface area contributed by atoms with E-state index in [9.17, 15) is 14.4 Å². The van der Waals surface area contributed by atoms with E-state index in [2.05, 4.69) is 10.3 Å². The Morgan fingerprint density at radius 2 is 2.17 bits per heavy atom. The lowest BCUT2D eigenvalue weighted by Crippen LogP contribution is -2.44. The van der Waals surface area contributed by atoms with Gasteiger partial charge in [-0.15, -0.1) is 0 Å². The van der Waals surface area contributed by atoms with E-state index < -0.39 is 0 Å². The molecule has 2 fully saturated rings. The summed E-state index contributed by atoms with van der Waals surface area (Å²) in [5.74, 6) is -0.0720. The molecular weight excluding hydrogens is 410 g/mol. The molecule has 8 nitrogen and oxygen atoms in total. The summed E-state index contributed by atoms with van der Waals surface area (Å²) in [5.41, 5.74) is 1.32. The van der Waals surface area contributed by atoms with Gasteiger partial charge in [0, 0.05) is 43.2 Å². The van der Waals surface area contributed by atoms with E-state index in [0.717, 1.165) is 5.56 Å². The number of halogens is 1. The van der Waals surface area contributed by atoms with Crippen LogP contribution in [0.4, 0.5) is 4.79 Å². The first kappa shape index (κ1) is 20.2. The fourth-order valence-electron chi connectivity index (χ4n) is 3.59. The van der Waals surface area contributed by atoms with Gasteiger partial charge in [-0.3, -0.25) is 14.6 Å². The van der Waals surface area contributed by atoms with Gasteiger partial charge in [-0.1, -0.05) is 23.7 Å². The van der Waals surface area contributed by atoms with Gasteiger partial charge in [0.15, 0.2) is 6.29 Å². The number of fused-ring (bicyclic) bond motifs is 1. The number of carbonyl (C=O) groups is 3. The quantitative estimate of drug-likeness (QED) is 0.709. The van der Waals surface area contributed by atoms with Gasteiger partial charge in [-0.25, -0.2) is 4.79 Å². The lowest BCUT2D eigenvalue weighted by molar-refractivity contribution is 0.0899. The molecule has 0 saturated carbocycles. The molecule has 2 aromatic rings. The van der Waals surface area contributed by atoms with Crippen molar-refractivity contribution in [3.63, 3.8) is 0 Å². The van der Waals surface area contributed by atoms with Gasteiger partial charge in [-0.2, -0.15) is 0 Å². The number of carbonyl (C=O) groups excluding carboxylic acids is 3. The highest BCUT2D eigenvalue weighted by Crippen LogP contribution is 2.28. The van der Waals surface area contributed by atoms with Crippen molar-refractivity contribution >= 4 is 29.9 Å². The first-order chi connectivity index (χ1) is 14.5. The molecular formula is C21H20ClN3O5. The van der Waals surface area contributed by atoms with Crippen molar-refractivity contribution in [2.75, 3.05) is 13.2 Å². The van der Waals surface area contributed by atoms with E-state index in [4.69, 9.17) is 21.1 Å². The predicted molar refractivity (Wildman–Crippen MR) is 108 cm³/mol. The van der Waals surface area contributed by atoms with Gasteiger partial charge < -0.3 is 19.7 Å². The normalized spacial score (nSPS) is 20.3. The molecule has 9 heteroatoms. The van der Waals surface area contributed by atoms with Crippen molar-refractivity contribution in [1.82, 2.24) is 15.2 Å². The number of cyclic esters (lactones) is 1. The largest absolute Gasteiger partial charge is 0.489 e. The number of hydrogen-bond acceptors (Lipinski definition) is 6. The van der Waals surface area contributed by atoms with Crippen molar-refractivity contribution in [2.45, 2.75) is 31.5 Å². The molecule has 3 heterocycles. The number of aromatic nitrogens is 1. The number of benzene rings is 1. The van der Waals surface area contributed by atoms with Crippen molar-refractivity contribution < 1.29 is 23.9 Å². The highest BCUT2D eigenvalue weighted by atomic mass is 35.5. The first-order valence-corrected chi connectivity index (χ1v) is 9.99. The van der Waals surface area contributed by atoms with Crippen LogP contribution in [0.5, 0.6) is 5.75 Å². The van der Waals surface area contributed by atoms with E-state index in [1.807, 2.05) is 12.1 Å². The smallest absolute Gasteiger partial charge is 0.410 e. The Labute approximate surface area is 178 Å². The van der Waals surface area contributed by atoms with Crippen LogP contribution in [-0.4, -0.2) is 53.5 Å². The Hall–Kier alpha value is -3.13. The second-order valence-electron chi connectivity index (χ2n) is 7.22. The van der Waals surface area contributed by atoms with Crippen LogP contribution in [0, 0.1) is 0 Å². The van der Waals surface area contributed by atoms with Gasteiger partial charge in [0.2, 0.25) is 0 Å². The SMILES string of the molecule is O=Cc1cnc(C(=O)NCc2ccc(Cl)cc2)cc1O[C@H]1CCN2C(=O)OC[C@@H]2C1. The van der Waals surface area contributed by atoms with Crippen LogP contribution >= 0.6 is 11.6 Å². The van der Waals surface area contributed by atoms with Crippen LogP contribution in [0.25, 0.3) is 0 Å². The highest BCUT2D eigenvalue weighted by molar-refractivity contribution is 6.30. The summed E-state index contributed by atoms with van der Waals surface area (Å²) < 4.78 is 11.1. The Morgan fingerprint density at radius 1 is 1.37 bits per heavy atom. The standard InChI is InChI=1S/C21H20ClN3O5/c22-15-3-1-13(2-4-15)9-24-20(27)18-8-19(14(11-26)10-23-18)30-17-5-6-25-16(7-17)12-29-21(25)28/h1-4,8,10-11,16-17H,5-7,9,12H2,(H,24,27)/t16-,17-/m0/s1. The maximum absolute atomic E-state index is 12.5. The molecule has 1 aromatic carbocycles. The van der Waals surface area contributed by atoms with Crippen LogP contribution in [0.1, 0.15) is 39.3 Å². The molecule has 2 atom stereocenters. The van der Waals surface area contributed by atoms with Crippen LogP contribution in [0.15, 0.2) is 36.5 Å². The van der Waals surface area contributed by atoms with Gasteiger partial charge >= 0.3 is 6.09 Å². The number of nitrogens with zero attached hydrogens (tertiary/aromatic N) is 2. The number of ether oxygens (including phenoxy) is 2. The van der Waals surface area contributed by atoms with Gasteiger partial charge in [-0.05, 0) is 17.7 Å². The van der Waals surface area contributed by atoms with Crippen LogP contribution < -0.4 is 10.1 Å². The first-order valence-electron chi connectivity index (χ1n) is 9.61. The second-order valence-corrected chi connectivity index (χ2v) is 7.66. The molecule has 30 heavy (non-hydrogen) atoms. The van der Waals surface area contributed by atoms with Crippen molar-refractivity contribution in [2.24, 2.45) is 0 Å². The Kier molecular flexibility index (Phi) is 5.85. The summed E-state index contributed by atoms with van der Waals surface area (Å²) in [5, 5.41) is 3.41. The highest BCUT2D eigenvalue weighted by Gasteiger charge is 2.39. The Bertz CT molecular complexity index is 966. The van der Waals surface area contributed by atoms with Crippen LogP contribution in [0.2, 0.25) is 5.02 Å². The van der Waals surface area contributed by atoms with E-state index in [1.165, 1.54) is 12.3 Å². The molecule has 0 unspecified atom stereocenters. The zero-order chi connectivity index (χ0) is 21.1. The van der Waals surface area contributed by atoms with Crippen LogP contribution in [0.3, 0.4) is 0 Å². The summed E-state index contributed by atoms with van der Waals surface area (Å²) in [6.07, 6.45) is 2.71. The number of aldehydes is 1. The monoisotopic (exact) mass is 429 g/mol. The Balaban J connectivity index is 1.42. The maximum Gasteiger partial charge on any atom is 0.410 e. The zero-order valence-electron chi connectivity index (χ0n) is 16.0. The van der Waals surface area contributed by atoms with Crippen molar-refractivity contribution in [1.29, 1.82) is 0 Å². The minimum atomic E-state index is -0.378. The number of amides is 2. The molecule has 2 aliphatic rings. The molecule has 156 valence electrons. The average Bonchev–Trinajstić information content (AvgIpc) is 3.13. The third-order valence-corrected chi connectivity index (χ3v) is 5.47. The fourth-order valence-corrected chi connectivity index (χ4v) is 3.71. The van der Waals surface area contributed by atoms with Crippen molar-refractivity contribution in [3.8, 4) is 5.75 Å². The number of rotatable bonds is 6. The molecule has 0 radical (unpaired) electrons. The number of hydrogen-bond donors (Lipinski definition) is 1. The summed E-state index contributed by atoms with van der Waals surface area (Å²) in [6.45, 7) is 1.19. The molecule has 2 aliphatic heterocycles. The van der Waals surface area contributed by atoms with E-state index >= 15 is 0 Å². The summed E-state index contributed by atoms with van der Waals surface area (Å²) in [4.78, 5) is 41.3. The van der Waals surface area contributed by atoms with Crippen LogP contribution in [-0.2, 0) is 11.3 Å². The molecule has 1 N–H and O–H groups in total. The maximum atomic E-state index is 12.5. The molecule has 2 amide bonds. The summed E-state index contributed by atoms with van der Waals surface area (Å²) >= 11 is 5.87. The molecule has 0 bridgehead atoms. The average molecular weight is 430 g/mol. The van der Waals surface area contributed by atoms with E-state index in [0.29, 0.717) is 49.6 Å². The van der Waals surface area contributed by atoms with Gasteiger partial charge in [0.25, 0.3) is 5.91 Å². The molecule has 1 aromatic heterocycles. The topological polar surface area (TPSA) is 97.8 Å². The number of nitrogens with one attached hydrogen (secondary N) is 1. The molecule has 4 rings (SSSR count).